The van der Waals surface area contributed by atoms with Gasteiger partial charge in [-0.3, -0.25) is 14.5 Å². The van der Waals surface area contributed by atoms with Crippen molar-refractivity contribution >= 4 is 23.6 Å². The summed E-state index contributed by atoms with van der Waals surface area (Å²) in [5.41, 5.74) is 0.450. The number of benzene rings is 1. The SMILES string of the molecule is CC(C)(C)OC(=O)N[C@@H](CN1C[C@@H]2C[C@H]1C(=O)N2c1cccc(C#N)c1)C(=O)N1[C@H](C#N)C[C@@H]2C[C@@H]21. The van der Waals surface area contributed by atoms with Crippen molar-refractivity contribution in [2.45, 2.75) is 75.8 Å². The highest BCUT2D eigenvalue weighted by Crippen LogP contribution is 2.48. The fraction of sp³-hybridized carbons (Fsp3) is 0.577. The number of nitrogens with one attached hydrogen (secondary N) is 1. The Hall–Kier alpha value is -3.63. The Balaban J connectivity index is 1.33. The van der Waals surface area contributed by atoms with Gasteiger partial charge in [0.15, 0.2) is 0 Å². The molecule has 3 heterocycles. The lowest BCUT2D eigenvalue weighted by molar-refractivity contribution is -0.136. The number of hydrogen-bond donors (Lipinski definition) is 1. The molecule has 0 radical (unpaired) electrons. The number of likely N-dealkylation sites (tertiary alicyclic amines) is 2. The summed E-state index contributed by atoms with van der Waals surface area (Å²) >= 11 is 0. The van der Waals surface area contributed by atoms with Crippen LogP contribution in [0.25, 0.3) is 0 Å². The molecular weight excluding hydrogens is 460 g/mol. The summed E-state index contributed by atoms with van der Waals surface area (Å²) in [6.45, 7) is 5.94. The van der Waals surface area contributed by atoms with E-state index in [9.17, 15) is 24.9 Å². The fourth-order valence-electron chi connectivity index (χ4n) is 5.87. The number of carbonyl (C=O) groups is 3. The Morgan fingerprint density at radius 2 is 2.00 bits per heavy atom. The molecule has 4 aliphatic rings. The first-order chi connectivity index (χ1) is 17.1. The highest BCUT2D eigenvalue weighted by molar-refractivity contribution is 6.01. The Kier molecular flexibility index (Phi) is 5.88. The van der Waals surface area contributed by atoms with Gasteiger partial charge in [-0.25, -0.2) is 4.79 Å². The number of amides is 3. The number of carbonyl (C=O) groups excluding carboxylic acids is 3. The number of alkyl carbamates (subject to hydrolysis) is 1. The maximum Gasteiger partial charge on any atom is 0.408 e. The normalized spacial score (nSPS) is 29.4. The molecule has 1 aromatic carbocycles. The van der Waals surface area contributed by atoms with Gasteiger partial charge in [0.2, 0.25) is 11.8 Å². The maximum atomic E-state index is 13.6. The molecule has 4 fully saturated rings. The molecule has 10 nitrogen and oxygen atoms in total. The minimum absolute atomic E-state index is 0.0460. The largest absolute Gasteiger partial charge is 0.444 e. The molecule has 5 rings (SSSR count). The second-order valence-corrected chi connectivity index (χ2v) is 11.1. The minimum atomic E-state index is -0.933. The second-order valence-electron chi connectivity index (χ2n) is 11.1. The van der Waals surface area contributed by atoms with E-state index in [-0.39, 0.29) is 30.4 Å². The van der Waals surface area contributed by atoms with Crippen LogP contribution in [0, 0.1) is 28.6 Å². The van der Waals surface area contributed by atoms with Gasteiger partial charge in [0, 0.05) is 24.8 Å². The van der Waals surface area contributed by atoms with Crippen molar-refractivity contribution in [1.29, 1.82) is 10.5 Å². The smallest absolute Gasteiger partial charge is 0.408 e. The molecule has 36 heavy (non-hydrogen) atoms. The van der Waals surface area contributed by atoms with Crippen LogP contribution in [0.1, 0.15) is 45.6 Å². The predicted octanol–water partition coefficient (Wildman–Crippen LogP) is 1.75. The van der Waals surface area contributed by atoms with E-state index in [4.69, 9.17) is 4.74 Å². The van der Waals surface area contributed by atoms with Crippen LogP contribution in [-0.4, -0.2) is 76.6 Å². The Bertz CT molecular complexity index is 1180. The van der Waals surface area contributed by atoms with E-state index in [1.807, 2.05) is 11.0 Å². The monoisotopic (exact) mass is 490 g/mol. The van der Waals surface area contributed by atoms with Crippen LogP contribution < -0.4 is 10.2 Å². The number of nitrogens with zero attached hydrogens (tertiary/aromatic N) is 5. The molecule has 2 bridgehead atoms. The average Bonchev–Trinajstić information content (AvgIpc) is 3.15. The van der Waals surface area contributed by atoms with Gasteiger partial charge in [0.05, 0.1) is 29.8 Å². The van der Waals surface area contributed by atoms with Crippen LogP contribution >= 0.6 is 0 Å². The average molecular weight is 491 g/mol. The van der Waals surface area contributed by atoms with E-state index in [0.29, 0.717) is 36.6 Å². The third-order valence-corrected chi connectivity index (χ3v) is 7.44. The lowest BCUT2D eigenvalue weighted by Gasteiger charge is -2.36. The highest BCUT2D eigenvalue weighted by atomic mass is 16.6. The minimum Gasteiger partial charge on any atom is -0.444 e. The van der Waals surface area contributed by atoms with Crippen molar-refractivity contribution in [3.8, 4) is 12.1 Å². The second kappa shape index (κ2) is 8.79. The summed E-state index contributed by atoms with van der Waals surface area (Å²) in [6, 6.07) is 9.44. The summed E-state index contributed by atoms with van der Waals surface area (Å²) < 4.78 is 5.41. The Morgan fingerprint density at radius 3 is 2.67 bits per heavy atom. The standard InChI is InChI=1S/C26H30N6O4/c1-26(2,3)36-25(35)29-20(23(33)32-18(12-28)8-16-9-21(16)32)14-30-13-19-10-22(30)24(34)31(19)17-6-4-5-15(7-17)11-27/h4-7,16,18-22H,8-10,13-14H2,1-3H3,(H,29,35)/t16-,18+,19+,20+,21+,22+/m1/s1. The zero-order valence-corrected chi connectivity index (χ0v) is 20.7. The molecule has 188 valence electrons. The summed E-state index contributed by atoms with van der Waals surface area (Å²) in [5.74, 6) is -0.0303. The van der Waals surface area contributed by atoms with E-state index in [0.717, 1.165) is 6.42 Å². The van der Waals surface area contributed by atoms with Gasteiger partial charge in [-0.15, -0.1) is 0 Å². The van der Waals surface area contributed by atoms with Crippen molar-refractivity contribution in [2.75, 3.05) is 18.0 Å². The lowest BCUT2D eigenvalue weighted by atomic mass is 10.1. The third kappa shape index (κ3) is 4.38. The number of anilines is 1. The molecular formula is C26H30N6O4. The van der Waals surface area contributed by atoms with Gasteiger partial charge < -0.3 is 19.9 Å². The summed E-state index contributed by atoms with van der Waals surface area (Å²) in [6.07, 6.45) is 1.45. The molecule has 10 heteroatoms. The molecule has 1 N–H and O–H groups in total. The molecule has 6 atom stereocenters. The van der Waals surface area contributed by atoms with E-state index >= 15 is 0 Å². The first kappa shape index (κ1) is 24.1. The van der Waals surface area contributed by atoms with Gasteiger partial charge in [-0.05, 0) is 64.2 Å². The van der Waals surface area contributed by atoms with Crippen LogP contribution in [-0.2, 0) is 14.3 Å². The van der Waals surface area contributed by atoms with Gasteiger partial charge in [-0.1, -0.05) is 6.07 Å². The topological polar surface area (TPSA) is 130 Å². The Morgan fingerprint density at radius 1 is 1.22 bits per heavy atom. The molecule has 1 saturated carbocycles. The van der Waals surface area contributed by atoms with Crippen molar-refractivity contribution < 1.29 is 19.1 Å². The quantitative estimate of drug-likeness (QED) is 0.666. The van der Waals surface area contributed by atoms with Gasteiger partial charge in [0.1, 0.15) is 17.7 Å². The van der Waals surface area contributed by atoms with Crippen molar-refractivity contribution in [3.63, 3.8) is 0 Å². The van der Waals surface area contributed by atoms with Gasteiger partial charge >= 0.3 is 6.09 Å². The predicted molar refractivity (Wildman–Crippen MR) is 128 cm³/mol. The molecule has 3 amide bonds. The number of hydrogen-bond acceptors (Lipinski definition) is 7. The fourth-order valence-corrected chi connectivity index (χ4v) is 5.87. The van der Waals surface area contributed by atoms with Crippen LogP contribution in [0.4, 0.5) is 10.5 Å². The van der Waals surface area contributed by atoms with Crippen LogP contribution in [0.2, 0.25) is 0 Å². The molecule has 0 aromatic heterocycles. The molecule has 1 aliphatic carbocycles. The summed E-state index contributed by atoms with van der Waals surface area (Å²) in [5, 5.41) is 21.5. The Labute approximate surface area is 210 Å². The molecule has 1 aromatic rings. The van der Waals surface area contributed by atoms with Crippen molar-refractivity contribution in [3.05, 3.63) is 29.8 Å². The first-order valence-corrected chi connectivity index (χ1v) is 12.4. The third-order valence-electron chi connectivity index (χ3n) is 7.44. The molecule has 0 spiro atoms. The maximum absolute atomic E-state index is 13.6. The van der Waals surface area contributed by atoms with E-state index < -0.39 is 29.8 Å². The number of piperidine rings is 1. The summed E-state index contributed by atoms with van der Waals surface area (Å²) in [7, 11) is 0. The van der Waals surface area contributed by atoms with Crippen LogP contribution in [0.3, 0.4) is 0 Å². The first-order valence-electron chi connectivity index (χ1n) is 12.4. The molecule has 3 aliphatic heterocycles. The molecule has 0 unspecified atom stereocenters. The van der Waals surface area contributed by atoms with Gasteiger partial charge in [0.25, 0.3) is 0 Å². The molecule has 3 saturated heterocycles. The van der Waals surface area contributed by atoms with E-state index in [1.54, 1.807) is 48.8 Å². The number of nitriles is 2. The number of ether oxygens (including phenoxy) is 1. The van der Waals surface area contributed by atoms with Crippen LogP contribution in [0.5, 0.6) is 0 Å². The van der Waals surface area contributed by atoms with Gasteiger partial charge in [-0.2, -0.15) is 10.5 Å². The summed E-state index contributed by atoms with van der Waals surface area (Å²) in [4.78, 5) is 44.9. The number of piperazine rings is 1. The van der Waals surface area contributed by atoms with Crippen LogP contribution in [0.15, 0.2) is 24.3 Å². The van der Waals surface area contributed by atoms with E-state index in [2.05, 4.69) is 17.5 Å². The van der Waals surface area contributed by atoms with E-state index in [1.165, 1.54) is 0 Å². The number of fused-ring (bicyclic) bond motifs is 3. The zero-order valence-electron chi connectivity index (χ0n) is 20.7. The van der Waals surface area contributed by atoms with Crippen molar-refractivity contribution in [2.24, 2.45) is 5.92 Å². The zero-order chi connectivity index (χ0) is 25.8. The van der Waals surface area contributed by atoms with Crippen molar-refractivity contribution in [1.82, 2.24) is 15.1 Å². The number of rotatable bonds is 5. The lowest BCUT2D eigenvalue weighted by Crippen LogP contribution is -2.59. The highest BCUT2D eigenvalue weighted by Gasteiger charge is 2.56.